The Kier molecular flexibility index (Phi) is 7.17. The first-order valence-electron chi connectivity index (χ1n) is 18.7. The maximum absolute atomic E-state index is 5.31. The zero-order chi connectivity index (χ0) is 36.3. The molecule has 11 rings (SSSR count). The molecule has 0 spiro atoms. The topological polar surface area (TPSA) is 30.7 Å². The van der Waals surface area contributed by atoms with Crippen molar-refractivity contribution in [2.24, 2.45) is 0 Å². The van der Waals surface area contributed by atoms with Gasteiger partial charge in [0.1, 0.15) is 0 Å². The quantitative estimate of drug-likeness (QED) is 0.179. The number of rotatable bonds is 5. The van der Waals surface area contributed by atoms with Crippen LogP contribution in [0.3, 0.4) is 0 Å². The summed E-state index contributed by atoms with van der Waals surface area (Å²) in [6.45, 7) is 0. The van der Waals surface area contributed by atoms with Crippen LogP contribution >= 0.6 is 0 Å². The van der Waals surface area contributed by atoms with Crippen LogP contribution in [-0.4, -0.2) is 14.5 Å². The van der Waals surface area contributed by atoms with Gasteiger partial charge in [0, 0.05) is 33.2 Å². The molecule has 0 aliphatic heterocycles. The molecule has 0 aliphatic carbocycles. The summed E-state index contributed by atoms with van der Waals surface area (Å²) in [5, 5.41) is 9.93. The predicted molar refractivity (Wildman–Crippen MR) is 231 cm³/mol. The summed E-state index contributed by atoms with van der Waals surface area (Å²) < 4.78 is 2.42. The number of aromatic nitrogens is 3. The fourth-order valence-corrected chi connectivity index (χ4v) is 8.32. The maximum Gasteiger partial charge on any atom is 0.160 e. The molecular weight excluding hydrogens is 667 g/mol. The zero-order valence-electron chi connectivity index (χ0n) is 29.9. The van der Waals surface area contributed by atoms with Gasteiger partial charge in [0.25, 0.3) is 0 Å². The minimum atomic E-state index is 0.693. The summed E-state index contributed by atoms with van der Waals surface area (Å²) in [6, 6.07) is 71.5. The van der Waals surface area contributed by atoms with E-state index in [-0.39, 0.29) is 0 Å². The second-order valence-corrected chi connectivity index (χ2v) is 14.2. The normalized spacial score (nSPS) is 11.6. The molecule has 3 nitrogen and oxygen atoms in total. The largest absolute Gasteiger partial charge is 0.309 e. The van der Waals surface area contributed by atoms with E-state index in [9.17, 15) is 0 Å². The predicted octanol–water partition coefficient (Wildman–Crippen LogP) is 13.7. The highest BCUT2D eigenvalue weighted by molar-refractivity contribution is 6.28. The highest BCUT2D eigenvalue weighted by atomic mass is 15.0. The minimum Gasteiger partial charge on any atom is -0.309 e. The molecule has 0 saturated carbocycles. The molecule has 0 radical (unpaired) electrons. The van der Waals surface area contributed by atoms with Crippen molar-refractivity contribution < 1.29 is 0 Å². The Morgan fingerprint density at radius 1 is 0.309 bits per heavy atom. The minimum absolute atomic E-state index is 0.693. The molecule has 0 atom stereocenters. The summed E-state index contributed by atoms with van der Waals surface area (Å²) in [5.41, 5.74) is 10.6. The van der Waals surface area contributed by atoms with Crippen LogP contribution in [0.2, 0.25) is 0 Å². The molecule has 256 valence electrons. The second kappa shape index (κ2) is 12.6. The van der Waals surface area contributed by atoms with E-state index >= 15 is 0 Å². The van der Waals surface area contributed by atoms with Gasteiger partial charge in [0.15, 0.2) is 5.82 Å². The van der Waals surface area contributed by atoms with Crippen molar-refractivity contribution in [2.45, 2.75) is 0 Å². The summed E-state index contributed by atoms with van der Waals surface area (Å²) in [6.07, 6.45) is 0. The fraction of sp³-hybridized carbons (Fsp3) is 0. The molecule has 0 saturated heterocycles. The summed E-state index contributed by atoms with van der Waals surface area (Å²) in [5.74, 6) is 0.693. The van der Waals surface area contributed by atoms with Gasteiger partial charge in [-0.25, -0.2) is 9.97 Å². The van der Waals surface area contributed by atoms with Crippen molar-refractivity contribution in [3.8, 4) is 50.7 Å². The van der Waals surface area contributed by atoms with Crippen LogP contribution < -0.4 is 0 Å². The lowest BCUT2D eigenvalue weighted by atomic mass is 10.00. The zero-order valence-corrected chi connectivity index (χ0v) is 29.9. The van der Waals surface area contributed by atoms with Crippen molar-refractivity contribution in [2.75, 3.05) is 0 Å². The fourth-order valence-electron chi connectivity index (χ4n) is 8.32. The SMILES string of the molecule is c1ccc(-c2cccc(-c3nc(-c4cccc(-n5c6ccc7ccccc7c6c6c7ccccc7ccc65)c4)cc(-c4ccc5ccccc5c4)n3)c2)cc1. The van der Waals surface area contributed by atoms with Gasteiger partial charge in [-0.15, -0.1) is 0 Å². The van der Waals surface area contributed by atoms with Gasteiger partial charge >= 0.3 is 0 Å². The maximum atomic E-state index is 5.31. The molecule has 0 unspecified atom stereocenters. The summed E-state index contributed by atoms with van der Waals surface area (Å²) in [4.78, 5) is 10.5. The Hall–Kier alpha value is -7.36. The second-order valence-electron chi connectivity index (χ2n) is 14.2. The van der Waals surface area contributed by atoms with E-state index in [4.69, 9.17) is 9.97 Å². The molecule has 0 bridgehead atoms. The highest BCUT2D eigenvalue weighted by Gasteiger charge is 2.18. The molecular formula is C52H33N3. The van der Waals surface area contributed by atoms with Crippen LogP contribution in [0.5, 0.6) is 0 Å². The van der Waals surface area contributed by atoms with Gasteiger partial charge in [-0.3, -0.25) is 0 Å². The first kappa shape index (κ1) is 31.2. The van der Waals surface area contributed by atoms with Gasteiger partial charge in [-0.1, -0.05) is 158 Å². The van der Waals surface area contributed by atoms with Gasteiger partial charge in [0.05, 0.1) is 22.4 Å². The van der Waals surface area contributed by atoms with E-state index in [1.54, 1.807) is 0 Å². The summed E-state index contributed by atoms with van der Waals surface area (Å²) in [7, 11) is 0. The molecule has 9 aromatic carbocycles. The van der Waals surface area contributed by atoms with Crippen LogP contribution in [0.15, 0.2) is 200 Å². The molecule has 11 aromatic rings. The lowest BCUT2D eigenvalue weighted by Gasteiger charge is -2.13. The van der Waals surface area contributed by atoms with Crippen molar-refractivity contribution in [3.63, 3.8) is 0 Å². The van der Waals surface area contributed by atoms with E-state index in [1.807, 2.05) is 6.07 Å². The Bertz CT molecular complexity index is 3170. The number of hydrogen-bond donors (Lipinski definition) is 0. The Balaban J connectivity index is 1.13. The number of benzene rings is 9. The van der Waals surface area contributed by atoms with Crippen LogP contribution in [0, 0.1) is 0 Å². The molecule has 0 fully saturated rings. The van der Waals surface area contributed by atoms with Gasteiger partial charge in [-0.05, 0) is 85.9 Å². The highest BCUT2D eigenvalue weighted by Crippen LogP contribution is 2.41. The molecule has 55 heavy (non-hydrogen) atoms. The number of nitrogens with zero attached hydrogens (tertiary/aromatic N) is 3. The smallest absolute Gasteiger partial charge is 0.160 e. The number of fused-ring (bicyclic) bond motifs is 8. The molecule has 2 heterocycles. The molecule has 2 aromatic heterocycles. The van der Waals surface area contributed by atoms with Gasteiger partial charge < -0.3 is 4.57 Å². The van der Waals surface area contributed by atoms with Crippen molar-refractivity contribution >= 4 is 54.1 Å². The monoisotopic (exact) mass is 699 g/mol. The first-order valence-corrected chi connectivity index (χ1v) is 18.7. The van der Waals surface area contributed by atoms with E-state index in [1.165, 1.54) is 54.1 Å². The molecule has 0 N–H and O–H groups in total. The Morgan fingerprint density at radius 2 is 0.836 bits per heavy atom. The van der Waals surface area contributed by atoms with E-state index in [2.05, 4.69) is 199 Å². The third kappa shape index (κ3) is 5.28. The van der Waals surface area contributed by atoms with Crippen LogP contribution in [0.25, 0.3) is 105 Å². The Labute approximate surface area is 318 Å². The van der Waals surface area contributed by atoms with Crippen LogP contribution in [-0.2, 0) is 0 Å². The summed E-state index contributed by atoms with van der Waals surface area (Å²) >= 11 is 0. The average Bonchev–Trinajstić information content (AvgIpc) is 3.62. The molecule has 0 amide bonds. The van der Waals surface area contributed by atoms with Gasteiger partial charge in [-0.2, -0.15) is 0 Å². The van der Waals surface area contributed by atoms with Crippen molar-refractivity contribution in [1.82, 2.24) is 14.5 Å². The number of hydrogen-bond acceptors (Lipinski definition) is 2. The van der Waals surface area contributed by atoms with Crippen molar-refractivity contribution in [3.05, 3.63) is 200 Å². The molecule has 3 heteroatoms. The Morgan fingerprint density at radius 3 is 1.55 bits per heavy atom. The van der Waals surface area contributed by atoms with Crippen LogP contribution in [0.1, 0.15) is 0 Å². The van der Waals surface area contributed by atoms with Crippen molar-refractivity contribution in [1.29, 1.82) is 0 Å². The van der Waals surface area contributed by atoms with E-state index in [0.29, 0.717) is 5.82 Å². The third-order valence-electron chi connectivity index (χ3n) is 10.9. The first-order chi connectivity index (χ1) is 27.2. The average molecular weight is 700 g/mol. The molecule has 0 aliphatic rings. The van der Waals surface area contributed by atoms with Crippen LogP contribution in [0.4, 0.5) is 0 Å². The lowest BCUT2D eigenvalue weighted by Crippen LogP contribution is -1.98. The van der Waals surface area contributed by atoms with E-state index in [0.717, 1.165) is 44.9 Å². The van der Waals surface area contributed by atoms with E-state index < -0.39 is 0 Å². The third-order valence-corrected chi connectivity index (χ3v) is 10.9. The lowest BCUT2D eigenvalue weighted by molar-refractivity contribution is 1.17. The standard InChI is InChI=1S/C52H33N3/c1-2-12-34(13-3-1)39-18-10-20-42(31-39)52-53-46(33-47(54-52)41-25-24-35-14-4-5-17-38(35)30-41)40-19-11-21-43(32-40)55-48-28-26-36-15-6-8-22-44(36)50(48)51-45-23-9-7-16-37(45)27-29-49(51)55/h1-33H. The van der Waals surface area contributed by atoms with Gasteiger partial charge in [0.2, 0.25) is 0 Å².